The summed E-state index contributed by atoms with van der Waals surface area (Å²) >= 11 is 0. The molecule has 2 saturated heterocycles. The monoisotopic (exact) mass is 452 g/mol. The maximum absolute atomic E-state index is 13.3. The van der Waals surface area contributed by atoms with E-state index in [1.807, 2.05) is 30.0 Å². The standard InChI is InChI=1S/C26H36N4O3/c1-26-13-11-24(32)30(26)22-10-6-5-9-21(22)25(33)29(26)14-12-23(31)28-17-15-27(16-18-28)19-20-7-3-2-4-8-20/h5-6,9-10,20H,2-4,7-8,11-19H2,1H3. The Hall–Kier alpha value is -2.41. The summed E-state index contributed by atoms with van der Waals surface area (Å²) in [5, 5.41) is 0. The van der Waals surface area contributed by atoms with Gasteiger partial charge in [-0.05, 0) is 44.2 Å². The number of carbonyl (C=O) groups is 3. The van der Waals surface area contributed by atoms with Crippen molar-refractivity contribution >= 4 is 23.4 Å². The van der Waals surface area contributed by atoms with Crippen molar-refractivity contribution in [1.82, 2.24) is 14.7 Å². The molecule has 7 heteroatoms. The van der Waals surface area contributed by atoms with Gasteiger partial charge in [0.25, 0.3) is 5.91 Å². The zero-order valence-electron chi connectivity index (χ0n) is 19.8. The lowest BCUT2D eigenvalue weighted by Gasteiger charge is -2.48. The van der Waals surface area contributed by atoms with Gasteiger partial charge in [0.05, 0.1) is 11.3 Å². The topological polar surface area (TPSA) is 64.2 Å². The minimum absolute atomic E-state index is 0.0443. The van der Waals surface area contributed by atoms with Crippen molar-refractivity contribution in [1.29, 1.82) is 0 Å². The normalized spacial score (nSPS) is 26.5. The Bertz CT molecular complexity index is 920. The highest BCUT2D eigenvalue weighted by Gasteiger charge is 2.52. The molecule has 3 amide bonds. The SMILES string of the molecule is CC12CCC(=O)N1c1ccccc1C(=O)N2CCC(=O)N1CCN(CC2CCCCC2)CC1. The molecule has 4 aliphatic rings. The smallest absolute Gasteiger partial charge is 0.257 e. The molecule has 1 atom stereocenters. The van der Waals surface area contributed by atoms with E-state index in [1.54, 1.807) is 15.9 Å². The number of piperazine rings is 1. The van der Waals surface area contributed by atoms with Crippen LogP contribution in [0.5, 0.6) is 0 Å². The zero-order valence-corrected chi connectivity index (χ0v) is 19.8. The van der Waals surface area contributed by atoms with E-state index in [9.17, 15) is 14.4 Å². The fourth-order valence-corrected chi connectivity index (χ4v) is 6.32. The predicted octanol–water partition coefficient (Wildman–Crippen LogP) is 3.10. The molecule has 7 nitrogen and oxygen atoms in total. The molecule has 0 aromatic heterocycles. The Balaban J connectivity index is 1.19. The Morgan fingerprint density at radius 3 is 2.52 bits per heavy atom. The van der Waals surface area contributed by atoms with Crippen molar-refractivity contribution in [2.24, 2.45) is 5.92 Å². The number of benzene rings is 1. The van der Waals surface area contributed by atoms with E-state index in [4.69, 9.17) is 0 Å². The van der Waals surface area contributed by atoms with Gasteiger partial charge in [-0.3, -0.25) is 24.2 Å². The second-order valence-electron chi connectivity index (χ2n) is 10.4. The maximum atomic E-state index is 13.3. The summed E-state index contributed by atoms with van der Waals surface area (Å²) in [6, 6.07) is 7.33. The summed E-state index contributed by atoms with van der Waals surface area (Å²) < 4.78 is 0. The Morgan fingerprint density at radius 2 is 1.76 bits per heavy atom. The quantitative estimate of drug-likeness (QED) is 0.689. The van der Waals surface area contributed by atoms with E-state index in [-0.39, 0.29) is 17.7 Å². The molecule has 1 unspecified atom stereocenters. The van der Waals surface area contributed by atoms with E-state index in [0.29, 0.717) is 37.1 Å². The predicted molar refractivity (Wildman–Crippen MR) is 127 cm³/mol. The molecular formula is C26H36N4O3. The number of para-hydroxylation sites is 1. The second-order valence-corrected chi connectivity index (χ2v) is 10.4. The Labute approximate surface area is 196 Å². The van der Waals surface area contributed by atoms with Gasteiger partial charge in [0, 0.05) is 52.1 Å². The second kappa shape index (κ2) is 9.09. The third-order valence-corrected chi connectivity index (χ3v) is 8.26. The van der Waals surface area contributed by atoms with E-state index in [0.717, 1.165) is 32.1 Å². The van der Waals surface area contributed by atoms with Gasteiger partial charge in [-0.25, -0.2) is 0 Å². The number of nitrogens with zero attached hydrogens (tertiary/aromatic N) is 4. The molecule has 0 radical (unpaired) electrons. The first-order valence-electron chi connectivity index (χ1n) is 12.7. The molecule has 3 aliphatic heterocycles. The van der Waals surface area contributed by atoms with Crippen molar-refractivity contribution in [3.63, 3.8) is 0 Å². The number of fused-ring (bicyclic) bond motifs is 3. The van der Waals surface area contributed by atoms with Crippen LogP contribution in [0.4, 0.5) is 5.69 Å². The van der Waals surface area contributed by atoms with Crippen LogP contribution in [0, 0.1) is 5.92 Å². The molecule has 0 bridgehead atoms. The maximum Gasteiger partial charge on any atom is 0.257 e. The number of hydrogen-bond acceptors (Lipinski definition) is 4. The molecule has 178 valence electrons. The summed E-state index contributed by atoms with van der Waals surface area (Å²) in [7, 11) is 0. The summed E-state index contributed by atoms with van der Waals surface area (Å²) in [5.41, 5.74) is 0.555. The van der Waals surface area contributed by atoms with Gasteiger partial charge in [-0.1, -0.05) is 31.4 Å². The summed E-state index contributed by atoms with van der Waals surface area (Å²) in [6.07, 6.45) is 8.14. The molecule has 1 saturated carbocycles. The molecule has 5 rings (SSSR count). The zero-order chi connectivity index (χ0) is 23.0. The first-order chi connectivity index (χ1) is 16.0. The van der Waals surface area contributed by atoms with Gasteiger partial charge in [0.1, 0.15) is 5.66 Å². The van der Waals surface area contributed by atoms with Gasteiger partial charge < -0.3 is 9.80 Å². The third-order valence-electron chi connectivity index (χ3n) is 8.26. The van der Waals surface area contributed by atoms with Crippen LogP contribution in [0.25, 0.3) is 0 Å². The number of amides is 3. The van der Waals surface area contributed by atoms with E-state index < -0.39 is 5.66 Å². The van der Waals surface area contributed by atoms with Crippen molar-refractivity contribution < 1.29 is 14.4 Å². The van der Waals surface area contributed by atoms with Gasteiger partial charge in [-0.15, -0.1) is 0 Å². The van der Waals surface area contributed by atoms with Crippen LogP contribution in [-0.2, 0) is 9.59 Å². The lowest BCUT2D eigenvalue weighted by Crippen LogP contribution is -2.62. The van der Waals surface area contributed by atoms with Crippen LogP contribution < -0.4 is 4.90 Å². The number of rotatable bonds is 5. The van der Waals surface area contributed by atoms with Gasteiger partial charge >= 0.3 is 0 Å². The van der Waals surface area contributed by atoms with Crippen LogP contribution in [0.3, 0.4) is 0 Å². The van der Waals surface area contributed by atoms with Crippen molar-refractivity contribution in [3.05, 3.63) is 29.8 Å². The molecule has 3 fully saturated rings. The van der Waals surface area contributed by atoms with Gasteiger partial charge in [0.15, 0.2) is 0 Å². The minimum Gasteiger partial charge on any atom is -0.340 e. The third kappa shape index (κ3) is 4.16. The highest BCUT2D eigenvalue weighted by molar-refractivity contribution is 6.10. The van der Waals surface area contributed by atoms with Crippen LogP contribution in [0.15, 0.2) is 24.3 Å². The summed E-state index contributed by atoms with van der Waals surface area (Å²) in [5.74, 6) is 0.900. The fraction of sp³-hybridized carbons (Fsp3) is 0.654. The minimum atomic E-state index is -0.693. The highest BCUT2D eigenvalue weighted by atomic mass is 16.2. The van der Waals surface area contributed by atoms with Crippen LogP contribution in [0.1, 0.15) is 68.6 Å². The summed E-state index contributed by atoms with van der Waals surface area (Å²) in [4.78, 5) is 47.1. The Morgan fingerprint density at radius 1 is 1.03 bits per heavy atom. The molecule has 0 spiro atoms. The van der Waals surface area contributed by atoms with E-state index in [1.165, 1.54) is 38.6 Å². The molecular weight excluding hydrogens is 416 g/mol. The Kier molecular flexibility index (Phi) is 6.16. The van der Waals surface area contributed by atoms with Crippen LogP contribution >= 0.6 is 0 Å². The van der Waals surface area contributed by atoms with E-state index >= 15 is 0 Å². The van der Waals surface area contributed by atoms with Crippen molar-refractivity contribution in [2.75, 3.05) is 44.2 Å². The van der Waals surface area contributed by atoms with Crippen molar-refractivity contribution in [2.45, 2.75) is 64.0 Å². The molecule has 3 heterocycles. The molecule has 33 heavy (non-hydrogen) atoms. The molecule has 0 N–H and O–H groups in total. The number of anilines is 1. The lowest BCUT2D eigenvalue weighted by atomic mass is 9.89. The van der Waals surface area contributed by atoms with Crippen molar-refractivity contribution in [3.8, 4) is 0 Å². The first-order valence-corrected chi connectivity index (χ1v) is 12.7. The largest absolute Gasteiger partial charge is 0.340 e. The average Bonchev–Trinajstić information content (AvgIpc) is 3.15. The fourth-order valence-electron chi connectivity index (χ4n) is 6.32. The average molecular weight is 453 g/mol. The molecule has 1 aliphatic carbocycles. The molecule has 1 aromatic carbocycles. The summed E-state index contributed by atoms with van der Waals surface area (Å²) in [6.45, 7) is 6.89. The van der Waals surface area contributed by atoms with E-state index in [2.05, 4.69) is 4.90 Å². The van der Waals surface area contributed by atoms with Crippen LogP contribution in [-0.4, -0.2) is 77.4 Å². The highest BCUT2D eigenvalue weighted by Crippen LogP contribution is 2.44. The molecule has 1 aromatic rings. The van der Waals surface area contributed by atoms with Gasteiger partial charge in [-0.2, -0.15) is 0 Å². The first kappa shape index (κ1) is 22.4. The lowest BCUT2D eigenvalue weighted by molar-refractivity contribution is -0.133. The van der Waals surface area contributed by atoms with Gasteiger partial charge in [0.2, 0.25) is 11.8 Å². The van der Waals surface area contributed by atoms with Crippen LogP contribution in [0.2, 0.25) is 0 Å². The number of hydrogen-bond donors (Lipinski definition) is 0. The number of carbonyl (C=O) groups excluding carboxylic acids is 3.